The number of hydrogen-bond acceptors (Lipinski definition) is 8. The van der Waals surface area contributed by atoms with Crippen molar-refractivity contribution in [3.63, 3.8) is 0 Å². The first-order valence-electron chi connectivity index (χ1n) is 18.4. The molecule has 2 N–H and O–H groups in total. The molecule has 0 aromatic carbocycles. The first kappa shape index (κ1) is 32.8. The Kier molecular flexibility index (Phi) is 8.30. The summed E-state index contributed by atoms with van der Waals surface area (Å²) < 4.78 is 25.6. The summed E-state index contributed by atoms with van der Waals surface area (Å²) in [6, 6.07) is 0. The maximum atomic E-state index is 11.9. The third-order valence-corrected chi connectivity index (χ3v) is 15.0. The van der Waals surface area contributed by atoms with Gasteiger partial charge in [-0.1, -0.05) is 20.8 Å². The van der Waals surface area contributed by atoms with Crippen LogP contribution in [-0.4, -0.2) is 90.2 Å². The number of aliphatic hydroxyl groups excluding tert-OH is 1. The van der Waals surface area contributed by atoms with Crippen LogP contribution in [-0.2, 0) is 23.7 Å². The molecule has 5 saturated carbocycles. The molecule has 9 unspecified atom stereocenters. The smallest absolute Gasteiger partial charge is 0.303 e. The molecule has 7 aliphatic rings. The minimum atomic E-state index is -1.14. The van der Waals surface area contributed by atoms with Crippen LogP contribution in [0.5, 0.6) is 0 Å². The van der Waals surface area contributed by atoms with Crippen LogP contribution in [0.3, 0.4) is 0 Å². The molecule has 2 saturated heterocycles. The number of ether oxygens (including phenoxy) is 4. The van der Waals surface area contributed by atoms with E-state index < -0.39 is 11.7 Å². The Morgan fingerprint density at radius 3 is 2.51 bits per heavy atom. The van der Waals surface area contributed by atoms with Gasteiger partial charge in [0.15, 0.2) is 12.4 Å². The molecule has 0 amide bonds. The highest BCUT2D eigenvalue weighted by atomic mass is 16.7. The molecule has 8 heteroatoms. The molecule has 7 rings (SSSR count). The summed E-state index contributed by atoms with van der Waals surface area (Å²) >= 11 is 0. The number of nitrogens with zero attached hydrogens (tertiary/aromatic N) is 1. The van der Waals surface area contributed by atoms with Crippen molar-refractivity contribution >= 4 is 5.97 Å². The van der Waals surface area contributed by atoms with Gasteiger partial charge in [-0.25, -0.2) is 0 Å². The van der Waals surface area contributed by atoms with Crippen molar-refractivity contribution in [1.82, 2.24) is 4.90 Å². The highest BCUT2D eigenvalue weighted by molar-refractivity contribution is 5.66. The molecule has 12 atom stereocenters. The molecule has 8 nitrogen and oxygen atoms in total. The second-order valence-corrected chi connectivity index (χ2v) is 17.8. The van der Waals surface area contributed by atoms with E-state index in [1.54, 1.807) is 13.8 Å². The van der Waals surface area contributed by atoms with Crippen LogP contribution in [0.15, 0.2) is 0 Å². The van der Waals surface area contributed by atoms with Crippen LogP contribution in [0, 0.1) is 45.3 Å². The topological polar surface area (TPSA) is 97.7 Å². The summed E-state index contributed by atoms with van der Waals surface area (Å²) in [6.45, 7) is 15.8. The van der Waals surface area contributed by atoms with E-state index in [0.29, 0.717) is 47.2 Å². The maximum Gasteiger partial charge on any atom is 0.303 e. The van der Waals surface area contributed by atoms with Gasteiger partial charge in [0, 0.05) is 34.4 Å². The fraction of sp³-hybridized carbons (Fsp3) is 0.973. The van der Waals surface area contributed by atoms with Crippen molar-refractivity contribution in [2.75, 3.05) is 32.8 Å². The lowest BCUT2D eigenvalue weighted by Crippen LogP contribution is -2.55. The first-order valence-corrected chi connectivity index (χ1v) is 18.4. The predicted molar refractivity (Wildman–Crippen MR) is 172 cm³/mol. The van der Waals surface area contributed by atoms with Gasteiger partial charge in [-0.2, -0.15) is 0 Å². The Labute approximate surface area is 272 Å². The third-order valence-electron chi connectivity index (χ3n) is 15.0. The third kappa shape index (κ3) is 5.17. The standard InChI is InChI=1S/C37H61NO7.H2/c1-23(40)43-32(34(4,5)41)27-9-7-25-28(44-27)21-26-24-8-10-29-33(2,3)30(45-31-12-16-38(17-19-39)18-20-42-31)11-13-37(29)22-36(24,37)15-14-35(25,26)6;/h24-32,39,41H,7-22H2,1-6H3;1H/t24?,25?,26?,27?,28?,29?,30-,31?,32-,35+,36?,37?;/m0./s1. The molecule has 258 valence electrons. The van der Waals surface area contributed by atoms with Gasteiger partial charge in [0.1, 0.15) is 0 Å². The van der Waals surface area contributed by atoms with E-state index in [1.165, 1.54) is 45.4 Å². The molecule has 2 spiro atoms. The number of rotatable bonds is 7. The van der Waals surface area contributed by atoms with E-state index in [4.69, 9.17) is 18.9 Å². The van der Waals surface area contributed by atoms with Gasteiger partial charge in [0.2, 0.25) is 0 Å². The summed E-state index contributed by atoms with van der Waals surface area (Å²) in [5.74, 6) is 2.35. The molecular weight excluding hydrogens is 570 g/mol. The zero-order chi connectivity index (χ0) is 32.0. The van der Waals surface area contributed by atoms with Crippen LogP contribution in [0.2, 0.25) is 0 Å². The van der Waals surface area contributed by atoms with E-state index in [2.05, 4.69) is 25.7 Å². The van der Waals surface area contributed by atoms with E-state index in [1.807, 2.05) is 0 Å². The second-order valence-electron chi connectivity index (χ2n) is 17.8. The highest BCUT2D eigenvalue weighted by Gasteiger charge is 2.80. The quantitative estimate of drug-likeness (QED) is 0.352. The van der Waals surface area contributed by atoms with Crippen LogP contribution in [0.1, 0.15) is 114 Å². The van der Waals surface area contributed by atoms with Gasteiger partial charge in [0.05, 0.1) is 37.1 Å². The van der Waals surface area contributed by atoms with Crippen molar-refractivity contribution in [1.29, 1.82) is 0 Å². The first-order chi connectivity index (χ1) is 21.2. The SMILES string of the molecule is CC(=O)O[C@@H](C1CCC2C(CC3C4CCC5C(C)(C)[C@@H](OC6CCN(CCO)CCO6)CCC56CC46CC[C@]23C)O1)C(C)(C)O.[HH]. The summed E-state index contributed by atoms with van der Waals surface area (Å²) in [5, 5.41) is 20.3. The number of aliphatic hydroxyl groups is 2. The second kappa shape index (κ2) is 11.4. The number of carbonyl (C=O) groups is 1. The number of carbonyl (C=O) groups excluding carboxylic acids is 1. The minimum absolute atomic E-state index is 0. The van der Waals surface area contributed by atoms with Crippen LogP contribution in [0.4, 0.5) is 0 Å². The lowest BCUT2D eigenvalue weighted by molar-refractivity contribution is -0.225. The van der Waals surface area contributed by atoms with Crippen molar-refractivity contribution in [2.45, 2.75) is 148 Å². The molecule has 7 fully saturated rings. The van der Waals surface area contributed by atoms with Crippen molar-refractivity contribution < 1.29 is 35.4 Å². The average molecular weight is 634 g/mol. The Bertz CT molecular complexity index is 1130. The summed E-state index contributed by atoms with van der Waals surface area (Å²) in [4.78, 5) is 14.2. The van der Waals surface area contributed by atoms with E-state index >= 15 is 0 Å². The van der Waals surface area contributed by atoms with Crippen LogP contribution >= 0.6 is 0 Å². The van der Waals surface area contributed by atoms with Crippen LogP contribution < -0.4 is 0 Å². The Balaban J connectivity index is 0.00000372. The zero-order valence-electron chi connectivity index (χ0n) is 28.9. The van der Waals surface area contributed by atoms with Crippen molar-refractivity contribution in [3.05, 3.63) is 0 Å². The molecular formula is C37H63NO7. The number of esters is 1. The van der Waals surface area contributed by atoms with Crippen LogP contribution in [0.25, 0.3) is 0 Å². The predicted octanol–water partition coefficient (Wildman–Crippen LogP) is 5.57. The summed E-state index contributed by atoms with van der Waals surface area (Å²) in [7, 11) is 0. The lowest BCUT2D eigenvalue weighted by atomic mass is 9.46. The lowest BCUT2D eigenvalue weighted by Gasteiger charge is -2.59. The minimum Gasteiger partial charge on any atom is -0.457 e. The van der Waals surface area contributed by atoms with Gasteiger partial charge in [-0.15, -0.1) is 0 Å². The van der Waals surface area contributed by atoms with Gasteiger partial charge in [-0.05, 0) is 123 Å². The number of β-amino-alcohol motifs (C(OH)–C–C–N with tert-alkyl or cyclic N) is 1. The summed E-state index contributed by atoms with van der Waals surface area (Å²) in [5.41, 5.74) is 0.230. The van der Waals surface area contributed by atoms with Gasteiger partial charge in [-0.3, -0.25) is 9.69 Å². The Morgan fingerprint density at radius 2 is 1.78 bits per heavy atom. The normalized spacial score (nSPS) is 48.1. The monoisotopic (exact) mass is 633 g/mol. The molecule has 5 aliphatic carbocycles. The molecule has 0 aromatic rings. The van der Waals surface area contributed by atoms with Gasteiger partial charge >= 0.3 is 5.97 Å². The summed E-state index contributed by atoms with van der Waals surface area (Å²) in [6.07, 6.45) is 12.4. The average Bonchev–Trinajstić information content (AvgIpc) is 3.61. The van der Waals surface area contributed by atoms with Crippen molar-refractivity contribution in [3.8, 4) is 0 Å². The van der Waals surface area contributed by atoms with E-state index in [9.17, 15) is 15.0 Å². The van der Waals surface area contributed by atoms with E-state index in [0.717, 1.165) is 51.1 Å². The largest absolute Gasteiger partial charge is 0.457 e. The highest BCUT2D eigenvalue weighted by Crippen LogP contribution is 2.87. The Hall–Kier alpha value is -0.770. The number of hydrogen-bond donors (Lipinski definition) is 2. The molecule has 2 heterocycles. The fourth-order valence-corrected chi connectivity index (χ4v) is 13.0. The number of fused-ring (bicyclic) bond motifs is 4. The molecule has 0 radical (unpaired) electrons. The van der Waals surface area contributed by atoms with E-state index in [-0.39, 0.29) is 44.0 Å². The molecule has 0 bridgehead atoms. The molecule has 0 aromatic heterocycles. The fourth-order valence-electron chi connectivity index (χ4n) is 13.0. The Morgan fingerprint density at radius 1 is 1.00 bits per heavy atom. The molecule has 45 heavy (non-hydrogen) atoms. The molecule has 2 aliphatic heterocycles. The van der Waals surface area contributed by atoms with Crippen molar-refractivity contribution in [2.24, 2.45) is 45.3 Å². The van der Waals surface area contributed by atoms with Gasteiger partial charge in [0.25, 0.3) is 0 Å². The zero-order valence-corrected chi connectivity index (χ0v) is 28.9. The van der Waals surface area contributed by atoms with Gasteiger partial charge < -0.3 is 29.2 Å². The maximum absolute atomic E-state index is 11.9.